The maximum absolute atomic E-state index is 12.9. The van der Waals surface area contributed by atoms with E-state index in [1.54, 1.807) is 4.90 Å². The molecule has 1 aliphatic carbocycles. The van der Waals surface area contributed by atoms with Crippen LogP contribution in [0.25, 0.3) is 10.8 Å². The number of nitrogens with one attached hydrogen (secondary N) is 1. The Morgan fingerprint density at radius 3 is 2.70 bits per heavy atom. The zero-order valence-electron chi connectivity index (χ0n) is 15.7. The number of urea groups is 1. The van der Waals surface area contributed by atoms with Gasteiger partial charge in [0.05, 0.1) is 6.61 Å². The van der Waals surface area contributed by atoms with Crippen molar-refractivity contribution in [2.45, 2.75) is 44.7 Å². The van der Waals surface area contributed by atoms with Gasteiger partial charge in [-0.2, -0.15) is 9.90 Å². The van der Waals surface area contributed by atoms with Gasteiger partial charge in [-0.05, 0) is 54.5 Å². The molecule has 0 radical (unpaired) electrons. The minimum absolute atomic E-state index is 0. The van der Waals surface area contributed by atoms with Crippen molar-refractivity contribution in [2.75, 3.05) is 11.9 Å². The predicted octanol–water partition coefficient (Wildman–Crippen LogP) is 4.24. The smallest absolute Gasteiger partial charge is 0.329 e. The van der Waals surface area contributed by atoms with Crippen molar-refractivity contribution in [3.63, 3.8) is 0 Å². The Kier molecular flexibility index (Phi) is 6.01. The van der Waals surface area contributed by atoms with E-state index in [0.29, 0.717) is 6.61 Å². The SMILES string of the molecule is CCCOC(=O)C1C2CCC(C2)N1C(=O)Nc1ccc2ccccc2c1.P. The third-order valence-electron chi connectivity index (χ3n) is 5.51. The first-order valence-corrected chi connectivity index (χ1v) is 9.42. The second kappa shape index (κ2) is 8.26. The van der Waals surface area contributed by atoms with Gasteiger partial charge in [-0.1, -0.05) is 37.3 Å². The molecule has 144 valence electrons. The number of amides is 2. The highest BCUT2D eigenvalue weighted by Gasteiger charge is 2.52. The molecule has 1 heterocycles. The number of carbonyl (C=O) groups is 2. The summed E-state index contributed by atoms with van der Waals surface area (Å²) in [6.07, 6.45) is 3.65. The van der Waals surface area contributed by atoms with Gasteiger partial charge in [0.2, 0.25) is 0 Å². The summed E-state index contributed by atoms with van der Waals surface area (Å²) in [6, 6.07) is 13.4. The fourth-order valence-corrected chi connectivity index (χ4v) is 4.33. The van der Waals surface area contributed by atoms with Gasteiger partial charge in [0.1, 0.15) is 6.04 Å². The summed E-state index contributed by atoms with van der Waals surface area (Å²) in [4.78, 5) is 27.2. The molecule has 1 saturated carbocycles. The van der Waals surface area contributed by atoms with Gasteiger partial charge in [0, 0.05) is 11.7 Å². The monoisotopic (exact) mass is 386 g/mol. The third kappa shape index (κ3) is 3.79. The lowest BCUT2D eigenvalue weighted by atomic mass is 9.99. The average Bonchev–Trinajstić information content (AvgIpc) is 3.27. The number of benzene rings is 2. The van der Waals surface area contributed by atoms with Crippen molar-refractivity contribution in [2.24, 2.45) is 5.92 Å². The van der Waals surface area contributed by atoms with Crippen LogP contribution < -0.4 is 5.32 Å². The van der Waals surface area contributed by atoms with E-state index in [4.69, 9.17) is 4.74 Å². The minimum atomic E-state index is -0.444. The highest BCUT2D eigenvalue weighted by atomic mass is 31.0. The van der Waals surface area contributed by atoms with E-state index in [2.05, 4.69) is 5.32 Å². The highest BCUT2D eigenvalue weighted by molar-refractivity contribution is 6.92. The van der Waals surface area contributed by atoms with Crippen LogP contribution in [0.3, 0.4) is 0 Å². The number of piperidine rings is 1. The van der Waals surface area contributed by atoms with E-state index in [0.717, 1.165) is 42.1 Å². The van der Waals surface area contributed by atoms with E-state index < -0.39 is 6.04 Å². The summed E-state index contributed by atoms with van der Waals surface area (Å²) < 4.78 is 5.36. The third-order valence-corrected chi connectivity index (χ3v) is 5.51. The number of hydrogen-bond donors (Lipinski definition) is 1. The van der Waals surface area contributed by atoms with Gasteiger partial charge in [-0.25, -0.2) is 9.59 Å². The summed E-state index contributed by atoms with van der Waals surface area (Å²) in [7, 11) is 0. The van der Waals surface area contributed by atoms with Crippen molar-refractivity contribution < 1.29 is 14.3 Å². The largest absolute Gasteiger partial charge is 0.464 e. The number of likely N-dealkylation sites (tertiary alicyclic amines) is 1. The Balaban J connectivity index is 0.00000210. The normalized spacial score (nSPS) is 23.1. The molecule has 0 aromatic heterocycles. The van der Waals surface area contributed by atoms with Crippen molar-refractivity contribution in [3.8, 4) is 0 Å². The molecular formula is C21H27N2O3P. The van der Waals surface area contributed by atoms with Crippen LogP contribution >= 0.6 is 9.90 Å². The number of anilines is 1. The van der Waals surface area contributed by atoms with E-state index in [-0.39, 0.29) is 33.9 Å². The first-order valence-electron chi connectivity index (χ1n) is 9.42. The Labute approximate surface area is 163 Å². The summed E-state index contributed by atoms with van der Waals surface area (Å²) in [5, 5.41) is 5.19. The molecule has 2 bridgehead atoms. The predicted molar refractivity (Wildman–Crippen MR) is 112 cm³/mol. The number of rotatable bonds is 4. The van der Waals surface area contributed by atoms with Gasteiger partial charge >= 0.3 is 12.0 Å². The Bertz CT molecular complexity index is 841. The van der Waals surface area contributed by atoms with Crippen molar-refractivity contribution in [1.29, 1.82) is 0 Å². The molecule has 4 rings (SSSR count). The summed E-state index contributed by atoms with van der Waals surface area (Å²) in [5.41, 5.74) is 0.747. The highest BCUT2D eigenvalue weighted by Crippen LogP contribution is 2.43. The standard InChI is InChI=1S/C21H24N2O3.H3P/c1-2-11-26-20(24)19-16-8-10-18(13-16)23(19)21(25)22-17-9-7-14-5-3-4-6-15(14)12-17;/h3-7,9,12,16,18-19H,2,8,10-11,13H2,1H3,(H,22,25);1H3. The lowest BCUT2D eigenvalue weighted by Gasteiger charge is -2.33. The quantitative estimate of drug-likeness (QED) is 0.632. The fraction of sp³-hybridized carbons (Fsp3) is 0.429. The van der Waals surface area contributed by atoms with Crippen LogP contribution in [0.4, 0.5) is 10.5 Å². The van der Waals surface area contributed by atoms with Crippen molar-refractivity contribution in [3.05, 3.63) is 42.5 Å². The van der Waals surface area contributed by atoms with Crippen LogP contribution in [-0.4, -0.2) is 35.6 Å². The molecule has 4 unspecified atom stereocenters. The van der Waals surface area contributed by atoms with Gasteiger partial charge in [0.15, 0.2) is 0 Å². The molecule has 2 aromatic rings. The van der Waals surface area contributed by atoms with E-state index in [9.17, 15) is 9.59 Å². The summed E-state index contributed by atoms with van der Waals surface area (Å²) in [5.74, 6) is -0.0283. The van der Waals surface area contributed by atoms with E-state index in [1.807, 2.05) is 49.4 Å². The summed E-state index contributed by atoms with van der Waals surface area (Å²) in [6.45, 7) is 2.38. The first kappa shape index (κ1) is 19.6. The van der Waals surface area contributed by atoms with Crippen LogP contribution in [0.15, 0.2) is 42.5 Å². The second-order valence-electron chi connectivity index (χ2n) is 7.24. The average molecular weight is 386 g/mol. The molecule has 27 heavy (non-hydrogen) atoms. The second-order valence-corrected chi connectivity index (χ2v) is 7.24. The zero-order valence-corrected chi connectivity index (χ0v) is 17.1. The molecule has 2 aromatic carbocycles. The molecule has 0 spiro atoms. The molecule has 2 fully saturated rings. The van der Waals surface area contributed by atoms with E-state index in [1.165, 1.54) is 0 Å². The first-order chi connectivity index (χ1) is 12.7. The summed E-state index contributed by atoms with van der Waals surface area (Å²) >= 11 is 0. The number of hydrogen-bond acceptors (Lipinski definition) is 3. The van der Waals surface area contributed by atoms with Crippen molar-refractivity contribution in [1.82, 2.24) is 4.90 Å². The van der Waals surface area contributed by atoms with Gasteiger partial charge < -0.3 is 15.0 Å². The van der Waals surface area contributed by atoms with Crippen LogP contribution in [0, 0.1) is 5.92 Å². The molecular weight excluding hydrogens is 359 g/mol. The number of carbonyl (C=O) groups excluding carboxylic acids is 2. The Morgan fingerprint density at radius 2 is 1.93 bits per heavy atom. The topological polar surface area (TPSA) is 58.6 Å². The van der Waals surface area contributed by atoms with Crippen molar-refractivity contribution >= 4 is 38.4 Å². The van der Waals surface area contributed by atoms with Crippen LogP contribution in [0.2, 0.25) is 0 Å². The van der Waals surface area contributed by atoms with Crippen LogP contribution in [0.1, 0.15) is 32.6 Å². The number of nitrogens with zero attached hydrogens (tertiary/aromatic N) is 1. The Morgan fingerprint density at radius 1 is 1.15 bits per heavy atom. The van der Waals surface area contributed by atoms with Crippen LogP contribution in [0.5, 0.6) is 0 Å². The molecule has 1 N–H and O–H groups in total. The molecule has 2 amide bonds. The number of fused-ring (bicyclic) bond motifs is 3. The Hall–Kier alpha value is -2.13. The molecule has 4 atom stereocenters. The van der Waals surface area contributed by atoms with Gasteiger partial charge in [-0.15, -0.1) is 0 Å². The lowest BCUT2D eigenvalue weighted by molar-refractivity contribution is -0.150. The molecule has 5 nitrogen and oxygen atoms in total. The van der Waals surface area contributed by atoms with Gasteiger partial charge in [-0.3, -0.25) is 0 Å². The van der Waals surface area contributed by atoms with Crippen LogP contribution in [-0.2, 0) is 9.53 Å². The lowest BCUT2D eigenvalue weighted by Crippen LogP contribution is -2.51. The minimum Gasteiger partial charge on any atom is -0.464 e. The fourth-order valence-electron chi connectivity index (χ4n) is 4.33. The molecule has 2 aliphatic rings. The molecule has 1 aliphatic heterocycles. The van der Waals surface area contributed by atoms with Gasteiger partial charge in [0.25, 0.3) is 0 Å². The van der Waals surface area contributed by atoms with E-state index >= 15 is 0 Å². The molecule has 1 saturated heterocycles. The maximum atomic E-state index is 12.9. The zero-order chi connectivity index (χ0) is 18.1. The maximum Gasteiger partial charge on any atom is 0.329 e. The number of esters is 1. The molecule has 6 heteroatoms. The number of ether oxygens (including phenoxy) is 1.